The monoisotopic (exact) mass is 310 g/mol. The number of esters is 1. The molecule has 1 heterocycles. The Balaban J connectivity index is 3.10. The van der Waals surface area contributed by atoms with E-state index in [2.05, 4.69) is 0 Å². The smallest absolute Gasteiger partial charge is 0.354 e. The molecule has 0 aromatic carbocycles. The third kappa shape index (κ3) is 3.36. The highest BCUT2D eigenvalue weighted by Crippen LogP contribution is 2.22. The molecular formula is C15H22N2O5. The predicted octanol–water partition coefficient (Wildman–Crippen LogP) is 0.716. The second-order valence-electron chi connectivity index (χ2n) is 5.09. The zero-order valence-electron chi connectivity index (χ0n) is 13.8. The molecule has 0 aliphatic carbocycles. The number of likely N-dealkylation sites (N-methyl/N-ethyl adjacent to an activating group) is 1. The lowest BCUT2D eigenvalue weighted by Crippen LogP contribution is -2.34. The highest BCUT2D eigenvalue weighted by atomic mass is 16.5. The van der Waals surface area contributed by atoms with Gasteiger partial charge in [0.15, 0.2) is 5.78 Å². The highest BCUT2D eigenvalue weighted by Gasteiger charge is 2.26. The summed E-state index contributed by atoms with van der Waals surface area (Å²) in [6, 6.07) is 0. The van der Waals surface area contributed by atoms with Gasteiger partial charge in [-0.1, -0.05) is 0 Å². The minimum atomic E-state index is -0.494. The number of carbonyl (C=O) groups is 3. The fourth-order valence-corrected chi connectivity index (χ4v) is 2.39. The summed E-state index contributed by atoms with van der Waals surface area (Å²) in [6.07, 6.45) is 0. The van der Waals surface area contributed by atoms with Crippen molar-refractivity contribution in [3.63, 3.8) is 0 Å². The quantitative estimate of drug-likeness (QED) is 0.571. The first-order valence-electron chi connectivity index (χ1n) is 6.76. The Morgan fingerprint density at radius 3 is 2.27 bits per heavy atom. The van der Waals surface area contributed by atoms with Gasteiger partial charge >= 0.3 is 5.97 Å². The molecular weight excluding hydrogens is 288 g/mol. The predicted molar refractivity (Wildman–Crippen MR) is 80.1 cm³/mol. The first-order valence-corrected chi connectivity index (χ1v) is 6.76. The molecule has 0 saturated carbocycles. The molecule has 7 nitrogen and oxygen atoms in total. The van der Waals surface area contributed by atoms with Gasteiger partial charge in [-0.3, -0.25) is 9.59 Å². The molecule has 0 saturated heterocycles. The summed E-state index contributed by atoms with van der Waals surface area (Å²) in [6.45, 7) is 3.30. The van der Waals surface area contributed by atoms with Crippen LogP contribution in [0.25, 0.3) is 0 Å². The third-order valence-corrected chi connectivity index (χ3v) is 3.66. The van der Waals surface area contributed by atoms with Crippen LogP contribution in [0.3, 0.4) is 0 Å². The zero-order valence-corrected chi connectivity index (χ0v) is 13.8. The van der Waals surface area contributed by atoms with E-state index in [-0.39, 0.29) is 24.8 Å². The minimum absolute atomic E-state index is 0.0749. The van der Waals surface area contributed by atoms with E-state index in [1.165, 1.54) is 26.2 Å². The van der Waals surface area contributed by atoms with Crippen molar-refractivity contribution in [3.8, 4) is 0 Å². The normalized spacial score (nSPS) is 10.5. The van der Waals surface area contributed by atoms with E-state index in [0.717, 1.165) is 0 Å². The molecule has 0 aliphatic heterocycles. The van der Waals surface area contributed by atoms with Crippen molar-refractivity contribution in [2.45, 2.75) is 13.8 Å². The molecule has 7 heteroatoms. The number of hydrogen-bond donors (Lipinski definition) is 0. The van der Waals surface area contributed by atoms with Crippen LogP contribution in [0.5, 0.6) is 0 Å². The molecule has 22 heavy (non-hydrogen) atoms. The molecule has 1 amide bonds. The number of nitrogens with zero attached hydrogens (tertiary/aromatic N) is 2. The van der Waals surface area contributed by atoms with Crippen LogP contribution in [0.15, 0.2) is 0 Å². The van der Waals surface area contributed by atoms with Gasteiger partial charge in [0.1, 0.15) is 12.3 Å². The fraction of sp³-hybridized carbons (Fsp3) is 0.533. The van der Waals surface area contributed by atoms with Crippen LogP contribution in [-0.2, 0) is 21.3 Å². The van der Waals surface area contributed by atoms with E-state index >= 15 is 0 Å². The van der Waals surface area contributed by atoms with Crippen molar-refractivity contribution in [1.82, 2.24) is 9.47 Å². The molecule has 0 radical (unpaired) electrons. The van der Waals surface area contributed by atoms with Crippen LogP contribution in [0.4, 0.5) is 0 Å². The maximum atomic E-state index is 12.5. The van der Waals surface area contributed by atoms with Crippen molar-refractivity contribution in [3.05, 3.63) is 22.5 Å². The van der Waals surface area contributed by atoms with Gasteiger partial charge in [-0.15, -0.1) is 0 Å². The Labute approximate surface area is 129 Å². The van der Waals surface area contributed by atoms with Crippen molar-refractivity contribution in [1.29, 1.82) is 0 Å². The lowest BCUT2D eigenvalue weighted by Gasteiger charge is -2.16. The van der Waals surface area contributed by atoms with E-state index in [4.69, 9.17) is 9.47 Å². The Kier molecular flexibility index (Phi) is 5.87. The number of rotatable bonds is 6. The first kappa shape index (κ1) is 17.9. The third-order valence-electron chi connectivity index (χ3n) is 3.66. The summed E-state index contributed by atoms with van der Waals surface area (Å²) in [5.41, 5.74) is 2.01. The maximum absolute atomic E-state index is 12.5. The lowest BCUT2D eigenvalue weighted by molar-refractivity contribution is -0.133. The van der Waals surface area contributed by atoms with Crippen molar-refractivity contribution in [2.24, 2.45) is 7.05 Å². The van der Waals surface area contributed by atoms with Gasteiger partial charge < -0.3 is 18.9 Å². The molecule has 122 valence electrons. The standard InChI is InChI=1S/C15H22N2O5/c1-9-13(10(2)17(4)14(9)15(20)22-6)11(18)7-16(3)12(19)8-21-5/h7-8H2,1-6H3. The Morgan fingerprint density at radius 1 is 1.18 bits per heavy atom. The number of hydrogen-bond acceptors (Lipinski definition) is 5. The Hall–Kier alpha value is -2.15. The molecule has 1 aromatic rings. The molecule has 0 fully saturated rings. The highest BCUT2D eigenvalue weighted by molar-refractivity contribution is 6.04. The number of carbonyl (C=O) groups excluding carboxylic acids is 3. The summed E-state index contributed by atoms with van der Waals surface area (Å²) in [7, 11) is 5.95. The minimum Gasteiger partial charge on any atom is -0.464 e. The molecule has 0 aliphatic rings. The Morgan fingerprint density at radius 2 is 1.77 bits per heavy atom. The average Bonchev–Trinajstić information content (AvgIpc) is 2.68. The van der Waals surface area contributed by atoms with E-state index in [0.29, 0.717) is 22.5 Å². The summed E-state index contributed by atoms with van der Waals surface area (Å²) in [5, 5.41) is 0. The number of ether oxygens (including phenoxy) is 2. The second-order valence-corrected chi connectivity index (χ2v) is 5.09. The molecule has 1 rings (SSSR count). The number of methoxy groups -OCH3 is 2. The maximum Gasteiger partial charge on any atom is 0.354 e. The largest absolute Gasteiger partial charge is 0.464 e. The summed E-state index contributed by atoms with van der Waals surface area (Å²) in [4.78, 5) is 37.3. The van der Waals surface area contributed by atoms with Crippen molar-refractivity contribution in [2.75, 3.05) is 34.4 Å². The van der Waals surface area contributed by atoms with E-state index in [1.807, 2.05) is 0 Å². The van der Waals surface area contributed by atoms with Gasteiger partial charge in [0.05, 0.1) is 13.7 Å². The zero-order chi connectivity index (χ0) is 17.0. The van der Waals surface area contributed by atoms with Crippen LogP contribution >= 0.6 is 0 Å². The van der Waals surface area contributed by atoms with Crippen LogP contribution in [0, 0.1) is 13.8 Å². The first-order chi connectivity index (χ1) is 10.3. The van der Waals surface area contributed by atoms with Gasteiger partial charge in [0.25, 0.3) is 0 Å². The average molecular weight is 310 g/mol. The molecule has 0 bridgehead atoms. The van der Waals surface area contributed by atoms with E-state index < -0.39 is 5.97 Å². The molecule has 0 atom stereocenters. The summed E-state index contributed by atoms with van der Waals surface area (Å²) in [5.74, 6) is -1.01. The number of amides is 1. The lowest BCUT2D eigenvalue weighted by atomic mass is 10.1. The summed E-state index contributed by atoms with van der Waals surface area (Å²) < 4.78 is 11.1. The van der Waals surface area contributed by atoms with Crippen molar-refractivity contribution < 1.29 is 23.9 Å². The van der Waals surface area contributed by atoms with Gasteiger partial charge in [-0.05, 0) is 19.4 Å². The molecule has 0 N–H and O–H groups in total. The Bertz CT molecular complexity index is 604. The number of Topliss-reactive ketones (excluding diaryl/α,β-unsaturated/α-hetero) is 1. The van der Waals surface area contributed by atoms with Gasteiger partial charge in [-0.2, -0.15) is 0 Å². The molecule has 0 unspecified atom stereocenters. The van der Waals surface area contributed by atoms with Crippen LogP contribution in [0.2, 0.25) is 0 Å². The van der Waals surface area contributed by atoms with Gasteiger partial charge in [0, 0.05) is 32.5 Å². The van der Waals surface area contributed by atoms with Crippen LogP contribution in [0.1, 0.15) is 32.1 Å². The second kappa shape index (κ2) is 7.22. The van der Waals surface area contributed by atoms with E-state index in [1.54, 1.807) is 25.5 Å². The SMILES string of the molecule is COCC(=O)N(C)CC(=O)c1c(C)c(C(=O)OC)n(C)c1C. The van der Waals surface area contributed by atoms with Gasteiger partial charge in [-0.25, -0.2) is 4.79 Å². The van der Waals surface area contributed by atoms with E-state index in [9.17, 15) is 14.4 Å². The topological polar surface area (TPSA) is 77.8 Å². The fourth-order valence-electron chi connectivity index (χ4n) is 2.39. The van der Waals surface area contributed by atoms with Crippen LogP contribution in [-0.4, -0.2) is 61.5 Å². The van der Waals surface area contributed by atoms with Crippen LogP contribution < -0.4 is 0 Å². The summed E-state index contributed by atoms with van der Waals surface area (Å²) >= 11 is 0. The van der Waals surface area contributed by atoms with Crippen molar-refractivity contribution >= 4 is 17.7 Å². The molecule has 1 aromatic heterocycles. The molecule has 0 spiro atoms. The number of ketones is 1. The van der Waals surface area contributed by atoms with Gasteiger partial charge in [0.2, 0.25) is 5.91 Å². The number of aromatic nitrogens is 1.